The van der Waals surface area contributed by atoms with E-state index < -0.39 is 0 Å². The highest BCUT2D eigenvalue weighted by atomic mass is 32.2. The first-order chi connectivity index (χ1) is 9.54. The largest absolute Gasteiger partial charge is 0.353 e. The molecule has 2 N–H and O–H groups in total. The van der Waals surface area contributed by atoms with Crippen molar-refractivity contribution in [1.82, 2.24) is 9.38 Å². The van der Waals surface area contributed by atoms with Gasteiger partial charge in [0.15, 0.2) is 10.8 Å². The number of nitrogens with zero attached hydrogens (tertiary/aromatic N) is 3. The van der Waals surface area contributed by atoms with Crippen molar-refractivity contribution in [3.05, 3.63) is 17.3 Å². The van der Waals surface area contributed by atoms with Gasteiger partial charge in [0.2, 0.25) is 0 Å². The average molecular weight is 310 g/mol. The van der Waals surface area contributed by atoms with Crippen LogP contribution >= 0.6 is 23.1 Å². The molecular formula is C14H22N4S2. The van der Waals surface area contributed by atoms with E-state index in [9.17, 15) is 0 Å². The molecule has 0 aliphatic carbocycles. The summed E-state index contributed by atoms with van der Waals surface area (Å²) in [6.07, 6.45) is 2.99. The summed E-state index contributed by atoms with van der Waals surface area (Å²) in [5.74, 6) is 1.15. The van der Waals surface area contributed by atoms with Crippen molar-refractivity contribution < 1.29 is 0 Å². The highest BCUT2D eigenvalue weighted by Crippen LogP contribution is 2.32. The molecule has 110 valence electrons. The molecule has 3 heterocycles. The van der Waals surface area contributed by atoms with E-state index in [0.29, 0.717) is 10.5 Å². The van der Waals surface area contributed by atoms with Crippen LogP contribution in [0.3, 0.4) is 0 Å². The van der Waals surface area contributed by atoms with Crippen LogP contribution in [0, 0.1) is 0 Å². The van der Waals surface area contributed by atoms with Gasteiger partial charge in [-0.25, -0.2) is 4.98 Å². The van der Waals surface area contributed by atoms with Crippen molar-refractivity contribution in [2.45, 2.75) is 43.7 Å². The van der Waals surface area contributed by atoms with E-state index in [2.05, 4.69) is 53.4 Å². The van der Waals surface area contributed by atoms with Crippen molar-refractivity contribution in [2.24, 2.45) is 5.73 Å². The number of hydrogen-bond acceptors (Lipinski definition) is 5. The molecule has 6 heteroatoms. The lowest BCUT2D eigenvalue weighted by molar-refractivity contribution is 0.690. The van der Waals surface area contributed by atoms with Crippen LogP contribution in [0.5, 0.6) is 0 Å². The Hall–Kier alpha value is -0.720. The minimum Gasteiger partial charge on any atom is -0.353 e. The summed E-state index contributed by atoms with van der Waals surface area (Å²) in [7, 11) is 0. The van der Waals surface area contributed by atoms with E-state index in [1.165, 1.54) is 5.69 Å². The van der Waals surface area contributed by atoms with Crippen LogP contribution in [-0.4, -0.2) is 39.0 Å². The molecule has 2 aromatic rings. The van der Waals surface area contributed by atoms with Crippen LogP contribution in [0.25, 0.3) is 4.96 Å². The summed E-state index contributed by atoms with van der Waals surface area (Å²) < 4.78 is 2.21. The number of rotatable bonds is 3. The smallest absolute Gasteiger partial charge is 0.195 e. The molecule has 1 aliphatic heterocycles. The molecule has 1 saturated heterocycles. The fourth-order valence-electron chi connectivity index (χ4n) is 2.92. The number of anilines is 1. The summed E-state index contributed by atoms with van der Waals surface area (Å²) in [5.41, 5.74) is 7.30. The lowest BCUT2D eigenvalue weighted by atomic mass is 10.2. The summed E-state index contributed by atoms with van der Waals surface area (Å²) in [6, 6.07) is 0.155. The van der Waals surface area contributed by atoms with Crippen LogP contribution in [0.2, 0.25) is 0 Å². The van der Waals surface area contributed by atoms with Gasteiger partial charge in [0.1, 0.15) is 0 Å². The molecule has 0 saturated carbocycles. The quantitative estimate of drug-likeness (QED) is 0.946. The summed E-state index contributed by atoms with van der Waals surface area (Å²) in [4.78, 5) is 8.39. The first-order valence-electron chi connectivity index (χ1n) is 7.15. The molecule has 0 aromatic carbocycles. The van der Waals surface area contributed by atoms with Gasteiger partial charge in [-0.1, -0.05) is 13.8 Å². The maximum absolute atomic E-state index is 6.04. The zero-order chi connectivity index (χ0) is 14.3. The highest BCUT2D eigenvalue weighted by molar-refractivity contribution is 8.00. The van der Waals surface area contributed by atoms with Crippen LogP contribution < -0.4 is 10.6 Å². The molecule has 1 fully saturated rings. The van der Waals surface area contributed by atoms with Crippen LogP contribution in [0.4, 0.5) is 5.82 Å². The van der Waals surface area contributed by atoms with Crippen LogP contribution in [0.1, 0.15) is 26.5 Å². The molecule has 4 nitrogen and oxygen atoms in total. The van der Waals surface area contributed by atoms with Crippen molar-refractivity contribution in [3.63, 3.8) is 0 Å². The molecule has 0 spiro atoms. The number of thiazole rings is 1. The van der Waals surface area contributed by atoms with E-state index in [1.54, 1.807) is 11.3 Å². The maximum Gasteiger partial charge on any atom is 0.195 e. The standard InChI is InChI=1S/C14H22N4S2/c1-9(15)6-12-13(16-14-18(12)4-5-19-14)17-7-10(2)20-11(3)8-17/h4-5,9-11H,6-8,15H2,1-3H3. The minimum absolute atomic E-state index is 0.155. The number of fused-ring (bicyclic) bond motifs is 1. The predicted octanol–water partition coefficient (Wildman–Crippen LogP) is 2.62. The van der Waals surface area contributed by atoms with E-state index in [0.717, 1.165) is 30.3 Å². The highest BCUT2D eigenvalue weighted by Gasteiger charge is 2.27. The average Bonchev–Trinajstić information content (AvgIpc) is 2.90. The molecule has 3 rings (SSSR count). The van der Waals surface area contributed by atoms with E-state index in [1.807, 2.05) is 0 Å². The molecule has 0 bridgehead atoms. The van der Waals surface area contributed by atoms with Crippen molar-refractivity contribution in [1.29, 1.82) is 0 Å². The lowest BCUT2D eigenvalue weighted by Crippen LogP contribution is -2.41. The van der Waals surface area contributed by atoms with Crippen LogP contribution in [0.15, 0.2) is 11.6 Å². The van der Waals surface area contributed by atoms with Crippen LogP contribution in [-0.2, 0) is 6.42 Å². The molecule has 0 amide bonds. The second-order valence-electron chi connectivity index (χ2n) is 5.78. The SMILES string of the molecule is CC(N)Cc1c(N2CC(C)SC(C)C2)nc2sccn12. The zero-order valence-corrected chi connectivity index (χ0v) is 13.9. The van der Waals surface area contributed by atoms with Gasteiger partial charge in [0, 0.05) is 47.6 Å². The van der Waals surface area contributed by atoms with Gasteiger partial charge in [0.05, 0.1) is 5.69 Å². The number of aromatic nitrogens is 2. The Morgan fingerprint density at radius 2 is 2.10 bits per heavy atom. The topological polar surface area (TPSA) is 46.6 Å². The lowest BCUT2D eigenvalue weighted by Gasteiger charge is -2.35. The summed E-state index contributed by atoms with van der Waals surface area (Å²) >= 11 is 3.76. The number of imidazole rings is 1. The Balaban J connectivity index is 1.99. The number of nitrogens with two attached hydrogens (primary N) is 1. The monoisotopic (exact) mass is 310 g/mol. The molecule has 20 heavy (non-hydrogen) atoms. The number of thioether (sulfide) groups is 1. The van der Waals surface area contributed by atoms with Gasteiger partial charge >= 0.3 is 0 Å². The molecule has 0 radical (unpaired) electrons. The third-order valence-electron chi connectivity index (χ3n) is 3.57. The Kier molecular flexibility index (Phi) is 3.97. The molecular weight excluding hydrogens is 288 g/mol. The normalized spacial score (nSPS) is 25.3. The number of hydrogen-bond donors (Lipinski definition) is 1. The third kappa shape index (κ3) is 2.69. The Labute approximate surface area is 128 Å². The van der Waals surface area contributed by atoms with E-state index in [-0.39, 0.29) is 6.04 Å². The van der Waals surface area contributed by atoms with Gasteiger partial charge in [-0.2, -0.15) is 11.8 Å². The van der Waals surface area contributed by atoms with Crippen molar-refractivity contribution >= 4 is 33.9 Å². The van der Waals surface area contributed by atoms with E-state index in [4.69, 9.17) is 10.7 Å². The van der Waals surface area contributed by atoms with Crippen molar-refractivity contribution in [2.75, 3.05) is 18.0 Å². The first-order valence-corrected chi connectivity index (χ1v) is 8.97. The summed E-state index contributed by atoms with van der Waals surface area (Å²) in [6.45, 7) is 8.82. The summed E-state index contributed by atoms with van der Waals surface area (Å²) in [5, 5.41) is 3.40. The fraction of sp³-hybridized carbons (Fsp3) is 0.643. The maximum atomic E-state index is 6.04. The van der Waals surface area contributed by atoms with Crippen molar-refractivity contribution in [3.8, 4) is 0 Å². The predicted molar refractivity (Wildman–Crippen MR) is 89.2 cm³/mol. The Bertz CT molecular complexity index is 579. The second kappa shape index (κ2) is 5.58. The van der Waals surface area contributed by atoms with Gasteiger partial charge in [-0.3, -0.25) is 4.40 Å². The van der Waals surface area contributed by atoms with E-state index >= 15 is 0 Å². The van der Waals surface area contributed by atoms with Gasteiger partial charge in [-0.15, -0.1) is 11.3 Å². The Morgan fingerprint density at radius 3 is 2.75 bits per heavy atom. The molecule has 3 atom stereocenters. The minimum atomic E-state index is 0.155. The molecule has 1 aliphatic rings. The zero-order valence-electron chi connectivity index (χ0n) is 12.2. The second-order valence-corrected chi connectivity index (χ2v) is 8.54. The van der Waals surface area contributed by atoms with Gasteiger partial charge in [0.25, 0.3) is 0 Å². The molecule has 2 aromatic heterocycles. The first kappa shape index (κ1) is 14.2. The Morgan fingerprint density at radius 1 is 1.40 bits per heavy atom. The van der Waals surface area contributed by atoms with Gasteiger partial charge < -0.3 is 10.6 Å². The third-order valence-corrected chi connectivity index (χ3v) is 5.56. The van der Waals surface area contributed by atoms with Gasteiger partial charge in [-0.05, 0) is 6.92 Å². The fourth-order valence-corrected chi connectivity index (χ4v) is 4.97. The molecule has 3 unspecified atom stereocenters.